The van der Waals surface area contributed by atoms with E-state index in [2.05, 4.69) is 41.3 Å². The monoisotopic (exact) mass is 399 g/mol. The third-order valence-electron chi connectivity index (χ3n) is 8.17. The molecular formula is C26H38ClN. The van der Waals surface area contributed by atoms with E-state index >= 15 is 0 Å². The quantitative estimate of drug-likeness (QED) is 0.466. The van der Waals surface area contributed by atoms with Crippen molar-refractivity contribution in [1.29, 1.82) is 0 Å². The highest BCUT2D eigenvalue weighted by Gasteiger charge is 2.52. The van der Waals surface area contributed by atoms with E-state index in [-0.39, 0.29) is 12.4 Å². The molecule has 4 saturated carbocycles. The van der Waals surface area contributed by atoms with Crippen molar-refractivity contribution in [2.24, 2.45) is 23.2 Å². The number of likely N-dealkylation sites (tertiary alicyclic amines) is 1. The van der Waals surface area contributed by atoms with E-state index in [1.54, 1.807) is 5.57 Å². The highest BCUT2D eigenvalue weighted by atomic mass is 35.5. The zero-order chi connectivity index (χ0) is 18.1. The highest BCUT2D eigenvalue weighted by molar-refractivity contribution is 5.85. The van der Waals surface area contributed by atoms with Crippen molar-refractivity contribution < 1.29 is 0 Å². The van der Waals surface area contributed by atoms with Crippen molar-refractivity contribution in [2.45, 2.75) is 70.6 Å². The predicted molar refractivity (Wildman–Crippen MR) is 122 cm³/mol. The summed E-state index contributed by atoms with van der Waals surface area (Å²) in [5.74, 6) is 3.07. The van der Waals surface area contributed by atoms with E-state index in [0.717, 1.165) is 17.8 Å². The maximum Gasteiger partial charge on any atom is -0.00158 e. The molecule has 1 saturated heterocycles. The van der Waals surface area contributed by atoms with E-state index in [9.17, 15) is 0 Å². The van der Waals surface area contributed by atoms with E-state index in [4.69, 9.17) is 0 Å². The van der Waals surface area contributed by atoms with Gasteiger partial charge in [-0.3, -0.25) is 0 Å². The molecule has 1 heterocycles. The third-order valence-corrected chi connectivity index (χ3v) is 8.17. The number of allylic oxidation sites excluding steroid dienone is 2. The summed E-state index contributed by atoms with van der Waals surface area (Å²) in [6.07, 6.45) is 18.6. The lowest BCUT2D eigenvalue weighted by Gasteiger charge is -2.58. The Morgan fingerprint density at radius 3 is 2.11 bits per heavy atom. The molecule has 1 aromatic rings. The summed E-state index contributed by atoms with van der Waals surface area (Å²) < 4.78 is 0. The molecule has 0 spiro atoms. The number of halogens is 1. The first-order valence-corrected chi connectivity index (χ1v) is 11.8. The van der Waals surface area contributed by atoms with Crippen LogP contribution in [0.15, 0.2) is 36.4 Å². The van der Waals surface area contributed by atoms with Gasteiger partial charge in [0, 0.05) is 0 Å². The predicted octanol–water partition coefficient (Wildman–Crippen LogP) is 6.97. The van der Waals surface area contributed by atoms with Crippen LogP contribution < -0.4 is 0 Å². The van der Waals surface area contributed by atoms with Crippen LogP contribution in [0, 0.1) is 23.2 Å². The van der Waals surface area contributed by atoms with Crippen LogP contribution in [-0.2, 0) is 0 Å². The fraction of sp³-hybridized carbons (Fsp3) is 0.692. The standard InChI is InChI=1S/C26H37N.ClH/c1-3-9-24(10-4-1)25(11-5-8-14-27-12-6-2-7-13-27)26-18-21-15-22(19-26)17-23(16-21)20-26;/h1,3-4,9-11,21-23H,2,5-8,12-20H2;1H. The van der Waals surface area contributed by atoms with Gasteiger partial charge in [0.25, 0.3) is 0 Å². The van der Waals surface area contributed by atoms with Crippen LogP contribution >= 0.6 is 12.4 Å². The van der Waals surface area contributed by atoms with Crippen LogP contribution in [-0.4, -0.2) is 24.5 Å². The van der Waals surface area contributed by atoms with Crippen LogP contribution in [0.5, 0.6) is 0 Å². The van der Waals surface area contributed by atoms with Crippen molar-refractivity contribution in [1.82, 2.24) is 4.90 Å². The lowest BCUT2D eigenvalue weighted by atomic mass is 9.47. The normalized spacial score (nSPS) is 35.0. The fourth-order valence-corrected chi connectivity index (χ4v) is 7.44. The minimum absolute atomic E-state index is 0. The number of nitrogens with zero attached hydrogens (tertiary/aromatic N) is 1. The molecule has 0 amide bonds. The maximum absolute atomic E-state index is 2.70. The molecule has 2 heteroatoms. The molecule has 28 heavy (non-hydrogen) atoms. The van der Waals surface area contributed by atoms with Gasteiger partial charge in [-0.25, -0.2) is 0 Å². The van der Waals surface area contributed by atoms with Gasteiger partial charge in [0.2, 0.25) is 0 Å². The number of piperidine rings is 1. The largest absolute Gasteiger partial charge is 0.303 e. The molecule has 5 aliphatic rings. The minimum atomic E-state index is 0. The van der Waals surface area contributed by atoms with Gasteiger partial charge in [-0.15, -0.1) is 12.4 Å². The van der Waals surface area contributed by atoms with Crippen molar-refractivity contribution in [2.75, 3.05) is 19.6 Å². The second-order valence-electron chi connectivity index (χ2n) is 10.2. The Morgan fingerprint density at radius 2 is 1.50 bits per heavy atom. The van der Waals surface area contributed by atoms with Crippen LogP contribution in [0.2, 0.25) is 0 Å². The van der Waals surface area contributed by atoms with E-state index in [0.29, 0.717) is 5.41 Å². The van der Waals surface area contributed by atoms with E-state index in [1.165, 1.54) is 95.8 Å². The van der Waals surface area contributed by atoms with Crippen LogP contribution in [0.25, 0.3) is 5.57 Å². The molecule has 1 aromatic carbocycles. The van der Waals surface area contributed by atoms with Crippen molar-refractivity contribution in [3.05, 3.63) is 42.0 Å². The van der Waals surface area contributed by atoms with Gasteiger partial charge < -0.3 is 4.90 Å². The average Bonchev–Trinajstić information content (AvgIpc) is 2.68. The molecular weight excluding hydrogens is 362 g/mol. The van der Waals surface area contributed by atoms with Crippen LogP contribution in [0.4, 0.5) is 0 Å². The molecule has 0 unspecified atom stereocenters. The summed E-state index contributed by atoms with van der Waals surface area (Å²) in [6.45, 7) is 3.98. The summed E-state index contributed by atoms with van der Waals surface area (Å²) in [5.41, 5.74) is 3.78. The topological polar surface area (TPSA) is 3.24 Å². The average molecular weight is 400 g/mol. The second kappa shape index (κ2) is 8.92. The number of benzene rings is 1. The Morgan fingerprint density at radius 1 is 0.893 bits per heavy atom. The number of hydrogen-bond donors (Lipinski definition) is 0. The van der Waals surface area contributed by atoms with Crippen molar-refractivity contribution in [3.63, 3.8) is 0 Å². The molecule has 4 bridgehead atoms. The van der Waals surface area contributed by atoms with Crippen LogP contribution in [0.1, 0.15) is 76.2 Å². The molecule has 1 nitrogen and oxygen atoms in total. The number of rotatable bonds is 6. The second-order valence-corrected chi connectivity index (χ2v) is 10.2. The summed E-state index contributed by atoms with van der Waals surface area (Å²) in [4.78, 5) is 2.70. The van der Waals surface area contributed by atoms with Gasteiger partial charge >= 0.3 is 0 Å². The maximum atomic E-state index is 2.70. The molecule has 0 radical (unpaired) electrons. The minimum Gasteiger partial charge on any atom is -0.303 e. The summed E-state index contributed by atoms with van der Waals surface area (Å²) >= 11 is 0. The first kappa shape index (κ1) is 20.5. The smallest absolute Gasteiger partial charge is 0.00158 e. The fourth-order valence-electron chi connectivity index (χ4n) is 7.44. The Hall–Kier alpha value is -0.790. The SMILES string of the molecule is C(CCCN1CCCCC1)=C(c1ccccc1)C12CC3CC(CC(C3)C1)C2.Cl. The van der Waals surface area contributed by atoms with Gasteiger partial charge in [-0.1, -0.05) is 42.8 Å². The lowest BCUT2D eigenvalue weighted by Crippen LogP contribution is -2.46. The summed E-state index contributed by atoms with van der Waals surface area (Å²) in [6, 6.07) is 11.4. The zero-order valence-corrected chi connectivity index (χ0v) is 18.3. The Balaban J connectivity index is 0.00000192. The molecule has 6 rings (SSSR count). The summed E-state index contributed by atoms with van der Waals surface area (Å²) in [7, 11) is 0. The van der Waals surface area contributed by atoms with E-state index < -0.39 is 0 Å². The van der Waals surface area contributed by atoms with Gasteiger partial charge in [0.05, 0.1) is 0 Å². The number of hydrogen-bond acceptors (Lipinski definition) is 1. The lowest BCUT2D eigenvalue weighted by molar-refractivity contribution is -0.0178. The zero-order valence-electron chi connectivity index (χ0n) is 17.5. The Bertz CT molecular complexity index is 623. The molecule has 0 atom stereocenters. The van der Waals surface area contributed by atoms with E-state index in [1.807, 2.05) is 0 Å². The molecule has 154 valence electrons. The van der Waals surface area contributed by atoms with Gasteiger partial charge in [-0.05, 0) is 118 Å². The molecule has 4 aliphatic carbocycles. The number of unbranched alkanes of at least 4 members (excludes halogenated alkanes) is 1. The highest BCUT2D eigenvalue weighted by Crippen LogP contribution is 2.64. The van der Waals surface area contributed by atoms with Crippen molar-refractivity contribution in [3.8, 4) is 0 Å². The van der Waals surface area contributed by atoms with Gasteiger partial charge in [-0.2, -0.15) is 0 Å². The van der Waals surface area contributed by atoms with Gasteiger partial charge in [0.15, 0.2) is 0 Å². The molecule has 5 fully saturated rings. The van der Waals surface area contributed by atoms with Gasteiger partial charge in [0.1, 0.15) is 0 Å². The summed E-state index contributed by atoms with van der Waals surface area (Å²) in [5, 5.41) is 0. The molecule has 1 aliphatic heterocycles. The molecule has 0 aromatic heterocycles. The van der Waals surface area contributed by atoms with Crippen LogP contribution in [0.3, 0.4) is 0 Å². The Kier molecular flexibility index (Phi) is 6.53. The Labute approximate surface area is 178 Å². The first-order chi connectivity index (χ1) is 13.3. The first-order valence-electron chi connectivity index (χ1n) is 11.8. The van der Waals surface area contributed by atoms with Crippen molar-refractivity contribution >= 4 is 18.0 Å². The molecule has 0 N–H and O–H groups in total. The third kappa shape index (κ3) is 4.21.